The highest BCUT2D eigenvalue weighted by molar-refractivity contribution is 6.30. The molecule has 1 aromatic heterocycles. The van der Waals surface area contributed by atoms with Crippen molar-refractivity contribution in [2.24, 2.45) is 5.92 Å². The van der Waals surface area contributed by atoms with Crippen LogP contribution in [0, 0.1) is 12.8 Å². The summed E-state index contributed by atoms with van der Waals surface area (Å²) < 4.78 is 7.13. The number of nitrogens with zero attached hydrogens (tertiary/aromatic N) is 2. The smallest absolute Gasteiger partial charge is 0.332 e. The van der Waals surface area contributed by atoms with Gasteiger partial charge < -0.3 is 10.1 Å². The average Bonchev–Trinajstić information content (AvgIpc) is 3.41. The van der Waals surface area contributed by atoms with Crippen LogP contribution in [0.3, 0.4) is 0 Å². The van der Waals surface area contributed by atoms with Crippen LogP contribution in [0.1, 0.15) is 37.9 Å². The van der Waals surface area contributed by atoms with Gasteiger partial charge in [-0.05, 0) is 44.7 Å². The molecule has 1 amide bonds. The molecule has 1 aliphatic carbocycles. The Morgan fingerprint density at radius 2 is 2.00 bits per heavy atom. The molecule has 1 saturated carbocycles. The highest BCUT2D eigenvalue weighted by atomic mass is 35.5. The van der Waals surface area contributed by atoms with E-state index in [1.165, 1.54) is 6.92 Å². The van der Waals surface area contributed by atoms with Crippen molar-refractivity contribution in [3.05, 3.63) is 46.7 Å². The number of para-hydroxylation sites is 1. The molecule has 6 nitrogen and oxygen atoms in total. The topological polar surface area (TPSA) is 73.2 Å². The lowest BCUT2D eigenvalue weighted by atomic mass is 9.96. The molecule has 0 radical (unpaired) electrons. The lowest BCUT2D eigenvalue weighted by molar-refractivity contribution is -0.155. The van der Waals surface area contributed by atoms with Crippen molar-refractivity contribution in [2.75, 3.05) is 0 Å². The highest BCUT2D eigenvalue weighted by Gasteiger charge is 2.49. The molecule has 0 spiro atoms. The minimum Gasteiger partial charge on any atom is -0.459 e. The summed E-state index contributed by atoms with van der Waals surface area (Å²) in [5.41, 5.74) is 1.19. The first kappa shape index (κ1) is 18.5. The van der Waals surface area contributed by atoms with E-state index in [9.17, 15) is 9.59 Å². The van der Waals surface area contributed by atoms with Gasteiger partial charge in [-0.25, -0.2) is 9.48 Å². The van der Waals surface area contributed by atoms with E-state index in [4.69, 9.17) is 16.3 Å². The summed E-state index contributed by atoms with van der Waals surface area (Å²) >= 11 is 6.46. The Morgan fingerprint density at radius 1 is 1.35 bits per heavy atom. The quantitative estimate of drug-likeness (QED) is 0.787. The number of nitrogens with one attached hydrogen (secondary N) is 1. The predicted molar refractivity (Wildman–Crippen MR) is 98.1 cm³/mol. The number of esters is 1. The molecule has 138 valence electrons. The molecule has 1 aromatic carbocycles. The van der Waals surface area contributed by atoms with E-state index in [2.05, 4.69) is 10.4 Å². The molecular weight excluding hydrogens is 354 g/mol. The van der Waals surface area contributed by atoms with Crippen molar-refractivity contribution in [3.8, 4) is 5.69 Å². The monoisotopic (exact) mass is 375 g/mol. The lowest BCUT2D eigenvalue weighted by Crippen LogP contribution is -2.54. The number of halogens is 1. The second-order valence-corrected chi connectivity index (χ2v) is 7.19. The predicted octanol–water partition coefficient (Wildman–Crippen LogP) is 3.18. The second-order valence-electron chi connectivity index (χ2n) is 6.84. The summed E-state index contributed by atoms with van der Waals surface area (Å²) in [5.74, 6) is -0.580. The molecular formula is C19H22ClN3O3. The minimum absolute atomic E-state index is 0.0121. The summed E-state index contributed by atoms with van der Waals surface area (Å²) in [4.78, 5) is 24.1. The maximum absolute atomic E-state index is 12.6. The second kappa shape index (κ2) is 7.11. The van der Waals surface area contributed by atoms with Crippen LogP contribution in [-0.2, 0) is 20.9 Å². The number of carbonyl (C=O) groups is 2. The Balaban J connectivity index is 1.76. The van der Waals surface area contributed by atoms with E-state index in [0.717, 1.165) is 18.5 Å². The fourth-order valence-corrected chi connectivity index (χ4v) is 3.40. The minimum atomic E-state index is -0.998. The summed E-state index contributed by atoms with van der Waals surface area (Å²) in [6.45, 7) is 4.95. The van der Waals surface area contributed by atoms with Gasteiger partial charge in [0.25, 0.3) is 0 Å². The van der Waals surface area contributed by atoms with Crippen molar-refractivity contribution in [3.63, 3.8) is 0 Å². The van der Waals surface area contributed by atoms with Crippen molar-refractivity contribution in [1.29, 1.82) is 0 Å². The number of hydrogen-bond donors (Lipinski definition) is 1. The number of aryl methyl sites for hydroxylation is 1. The molecule has 2 aromatic rings. The zero-order valence-corrected chi connectivity index (χ0v) is 15.8. The third kappa shape index (κ3) is 3.60. The van der Waals surface area contributed by atoms with Gasteiger partial charge in [0.1, 0.15) is 17.3 Å². The standard InChI is InChI=1S/C19H22ClN3O3/c1-12-16(17(20)23(22-12)15-7-5-4-6-8-15)11-26-18(25)19(3,14-9-10-14)21-13(2)24/h4-8,14H,9-11H2,1-3H3,(H,21,24)/t19-/m0/s1. The molecule has 0 unspecified atom stereocenters. The molecule has 0 aliphatic heterocycles. The number of hydrogen-bond acceptors (Lipinski definition) is 4. The SMILES string of the molecule is CC(=O)N[C@](C)(C(=O)OCc1c(C)nn(-c2ccccc2)c1Cl)C1CC1. The third-order valence-electron chi connectivity index (χ3n) is 4.72. The number of benzene rings is 1. The van der Waals surface area contributed by atoms with Gasteiger partial charge in [-0.2, -0.15) is 5.10 Å². The van der Waals surface area contributed by atoms with Crippen LogP contribution >= 0.6 is 11.6 Å². The van der Waals surface area contributed by atoms with E-state index < -0.39 is 11.5 Å². The van der Waals surface area contributed by atoms with Gasteiger partial charge in [-0.3, -0.25) is 4.79 Å². The van der Waals surface area contributed by atoms with Gasteiger partial charge >= 0.3 is 5.97 Å². The van der Waals surface area contributed by atoms with Crippen molar-refractivity contribution in [2.45, 2.75) is 45.8 Å². The Morgan fingerprint density at radius 3 is 2.58 bits per heavy atom. The fraction of sp³-hybridized carbons (Fsp3) is 0.421. The molecule has 0 saturated heterocycles. The van der Waals surface area contributed by atoms with Crippen LogP contribution < -0.4 is 5.32 Å². The number of aromatic nitrogens is 2. The van der Waals surface area contributed by atoms with E-state index in [-0.39, 0.29) is 18.4 Å². The van der Waals surface area contributed by atoms with E-state index in [1.54, 1.807) is 11.6 Å². The molecule has 3 rings (SSSR count). The highest BCUT2D eigenvalue weighted by Crippen LogP contribution is 2.40. The number of ether oxygens (including phenoxy) is 1. The number of rotatable bonds is 6. The van der Waals surface area contributed by atoms with Gasteiger partial charge in [-0.1, -0.05) is 29.8 Å². The van der Waals surface area contributed by atoms with Crippen molar-refractivity contribution in [1.82, 2.24) is 15.1 Å². The van der Waals surface area contributed by atoms with Crippen LogP contribution in [0.4, 0.5) is 0 Å². The lowest BCUT2D eigenvalue weighted by Gasteiger charge is -2.28. The first-order valence-electron chi connectivity index (χ1n) is 8.58. The van der Waals surface area contributed by atoms with Gasteiger partial charge in [0.2, 0.25) is 5.91 Å². The summed E-state index contributed by atoms with van der Waals surface area (Å²) in [5, 5.41) is 7.60. The third-order valence-corrected chi connectivity index (χ3v) is 5.11. The fourth-order valence-electron chi connectivity index (χ4n) is 3.07. The molecule has 26 heavy (non-hydrogen) atoms. The molecule has 1 atom stereocenters. The number of amides is 1. The Labute approximate surface area is 157 Å². The maximum atomic E-state index is 12.6. The average molecular weight is 376 g/mol. The Bertz CT molecular complexity index is 830. The van der Waals surface area contributed by atoms with E-state index in [1.807, 2.05) is 37.3 Å². The first-order valence-corrected chi connectivity index (χ1v) is 8.96. The van der Waals surface area contributed by atoms with Crippen molar-refractivity contribution >= 4 is 23.5 Å². The van der Waals surface area contributed by atoms with Gasteiger partial charge in [0, 0.05) is 12.5 Å². The Hall–Kier alpha value is -2.34. The summed E-state index contributed by atoms with van der Waals surface area (Å²) in [6, 6.07) is 9.51. The summed E-state index contributed by atoms with van der Waals surface area (Å²) in [7, 11) is 0. The first-order chi connectivity index (χ1) is 12.3. The van der Waals surface area contributed by atoms with Crippen LogP contribution in [0.25, 0.3) is 5.69 Å². The van der Waals surface area contributed by atoms with Gasteiger partial charge in [0.15, 0.2) is 0 Å². The molecule has 1 N–H and O–H groups in total. The maximum Gasteiger partial charge on any atom is 0.332 e. The van der Waals surface area contributed by atoms with E-state index >= 15 is 0 Å². The van der Waals surface area contributed by atoms with Gasteiger partial charge in [0.05, 0.1) is 11.4 Å². The zero-order chi connectivity index (χ0) is 18.9. The van der Waals surface area contributed by atoms with Gasteiger partial charge in [-0.15, -0.1) is 0 Å². The molecule has 0 bridgehead atoms. The normalized spacial score (nSPS) is 16.0. The number of carbonyl (C=O) groups excluding carboxylic acids is 2. The summed E-state index contributed by atoms with van der Waals surface area (Å²) in [6.07, 6.45) is 1.80. The van der Waals surface area contributed by atoms with Crippen LogP contribution in [0.5, 0.6) is 0 Å². The molecule has 1 fully saturated rings. The Kier molecular flexibility index (Phi) is 5.05. The largest absolute Gasteiger partial charge is 0.459 e. The van der Waals surface area contributed by atoms with Crippen LogP contribution in [0.15, 0.2) is 30.3 Å². The van der Waals surface area contributed by atoms with Crippen LogP contribution in [-0.4, -0.2) is 27.2 Å². The van der Waals surface area contributed by atoms with Crippen molar-refractivity contribution < 1.29 is 14.3 Å². The molecule has 7 heteroatoms. The van der Waals surface area contributed by atoms with Crippen LogP contribution in [0.2, 0.25) is 5.15 Å². The van der Waals surface area contributed by atoms with E-state index in [0.29, 0.717) is 16.4 Å². The molecule has 1 aliphatic rings. The zero-order valence-electron chi connectivity index (χ0n) is 15.1. The molecule has 1 heterocycles.